The van der Waals surface area contributed by atoms with Crippen LogP contribution in [0.4, 0.5) is 11.5 Å². The zero-order valence-corrected chi connectivity index (χ0v) is 11.4. The van der Waals surface area contributed by atoms with Crippen LogP contribution in [0.3, 0.4) is 0 Å². The van der Waals surface area contributed by atoms with Crippen molar-refractivity contribution < 1.29 is 4.52 Å². The Hall–Kier alpha value is -2.07. The monoisotopic (exact) mass is 270 g/mol. The van der Waals surface area contributed by atoms with E-state index in [2.05, 4.69) is 34.5 Å². The summed E-state index contributed by atoms with van der Waals surface area (Å²) >= 11 is 1.65. The van der Waals surface area contributed by atoms with E-state index in [1.165, 1.54) is 0 Å². The lowest BCUT2D eigenvalue weighted by molar-refractivity contribution is 0.433. The highest BCUT2D eigenvalue weighted by atomic mass is 32.1. The van der Waals surface area contributed by atoms with Crippen molar-refractivity contribution in [1.29, 1.82) is 0 Å². The van der Waals surface area contributed by atoms with Crippen molar-refractivity contribution in [3.05, 3.63) is 53.2 Å². The van der Waals surface area contributed by atoms with Gasteiger partial charge in [-0.05, 0) is 30.5 Å². The maximum atomic E-state index is 5.43. The predicted molar refractivity (Wildman–Crippen MR) is 78.9 cm³/mol. The molecule has 3 nitrogen and oxygen atoms in total. The Morgan fingerprint density at radius 3 is 2.74 bits per heavy atom. The van der Waals surface area contributed by atoms with Crippen molar-refractivity contribution in [2.45, 2.75) is 6.92 Å². The summed E-state index contributed by atoms with van der Waals surface area (Å²) in [5.74, 6) is 1.65. The fourth-order valence-electron chi connectivity index (χ4n) is 2.02. The molecule has 0 saturated heterocycles. The Morgan fingerprint density at radius 1 is 1.21 bits per heavy atom. The number of anilines is 2. The molecular formula is C15H14N2OS. The molecule has 2 aromatic heterocycles. The highest BCUT2D eigenvalue weighted by Gasteiger charge is 2.13. The molecule has 4 heteroatoms. The molecule has 2 heterocycles. The van der Waals surface area contributed by atoms with Gasteiger partial charge in [0.05, 0.1) is 0 Å². The topological polar surface area (TPSA) is 29.3 Å². The van der Waals surface area contributed by atoms with E-state index in [0.29, 0.717) is 0 Å². The van der Waals surface area contributed by atoms with E-state index in [0.717, 1.165) is 29.4 Å². The number of aromatic nitrogens is 1. The molecule has 0 amide bonds. The molecule has 3 aromatic rings. The molecule has 0 fully saturated rings. The predicted octanol–water partition coefficient (Wildman–Crippen LogP) is 4.56. The Labute approximate surface area is 116 Å². The third kappa shape index (κ3) is 2.39. The molecule has 0 saturated carbocycles. The summed E-state index contributed by atoms with van der Waals surface area (Å²) in [6.07, 6.45) is 0. The van der Waals surface area contributed by atoms with Gasteiger partial charge in [0.2, 0.25) is 0 Å². The maximum absolute atomic E-state index is 5.43. The molecule has 0 bridgehead atoms. The molecular weight excluding hydrogens is 256 g/mol. The van der Waals surface area contributed by atoms with E-state index in [1.807, 2.05) is 35.7 Å². The number of nitrogens with zero attached hydrogens (tertiary/aromatic N) is 2. The van der Waals surface area contributed by atoms with Crippen molar-refractivity contribution in [3.8, 4) is 11.3 Å². The summed E-state index contributed by atoms with van der Waals surface area (Å²) in [7, 11) is 0. The van der Waals surface area contributed by atoms with Crippen molar-refractivity contribution in [1.82, 2.24) is 5.16 Å². The fraction of sp³-hybridized carbons (Fsp3) is 0.133. The number of para-hydroxylation sites is 1. The van der Waals surface area contributed by atoms with Crippen LogP contribution in [0.2, 0.25) is 0 Å². The average molecular weight is 270 g/mol. The van der Waals surface area contributed by atoms with Gasteiger partial charge in [-0.25, -0.2) is 0 Å². The van der Waals surface area contributed by atoms with Crippen LogP contribution >= 0.6 is 11.3 Å². The van der Waals surface area contributed by atoms with Crippen LogP contribution in [-0.2, 0) is 0 Å². The molecule has 0 aliphatic carbocycles. The number of hydrogen-bond donors (Lipinski definition) is 0. The van der Waals surface area contributed by atoms with Gasteiger partial charge in [0.25, 0.3) is 0 Å². The molecule has 0 aliphatic rings. The first-order chi connectivity index (χ1) is 9.38. The SMILES string of the molecule is CCN(c1ccccc1)c1cc(-c2ccsc2)on1. The Bertz CT molecular complexity index is 631. The summed E-state index contributed by atoms with van der Waals surface area (Å²) in [6, 6.07) is 14.2. The van der Waals surface area contributed by atoms with Crippen LogP contribution in [-0.4, -0.2) is 11.7 Å². The second-order valence-corrected chi connectivity index (χ2v) is 4.92. The molecule has 19 heavy (non-hydrogen) atoms. The van der Waals surface area contributed by atoms with Crippen LogP contribution in [0.15, 0.2) is 57.7 Å². The van der Waals surface area contributed by atoms with E-state index in [-0.39, 0.29) is 0 Å². The number of rotatable bonds is 4. The lowest BCUT2D eigenvalue weighted by Crippen LogP contribution is -2.15. The van der Waals surface area contributed by atoms with Crippen molar-refractivity contribution in [3.63, 3.8) is 0 Å². The van der Waals surface area contributed by atoms with Crippen LogP contribution < -0.4 is 4.90 Å². The molecule has 0 N–H and O–H groups in total. The van der Waals surface area contributed by atoms with Crippen LogP contribution in [0.1, 0.15) is 6.92 Å². The van der Waals surface area contributed by atoms with Crippen LogP contribution in [0.5, 0.6) is 0 Å². The first-order valence-electron chi connectivity index (χ1n) is 6.20. The van der Waals surface area contributed by atoms with Gasteiger partial charge < -0.3 is 9.42 Å². The third-order valence-electron chi connectivity index (χ3n) is 2.96. The van der Waals surface area contributed by atoms with Crippen LogP contribution in [0.25, 0.3) is 11.3 Å². The second-order valence-electron chi connectivity index (χ2n) is 4.14. The standard InChI is InChI=1S/C15H14N2OS/c1-2-17(13-6-4-3-5-7-13)15-10-14(18-16-15)12-8-9-19-11-12/h3-11H,2H2,1H3. The highest BCUT2D eigenvalue weighted by molar-refractivity contribution is 7.08. The largest absolute Gasteiger partial charge is 0.354 e. The molecule has 96 valence electrons. The lowest BCUT2D eigenvalue weighted by Gasteiger charge is -2.19. The second kappa shape index (κ2) is 5.28. The summed E-state index contributed by atoms with van der Waals surface area (Å²) in [4.78, 5) is 2.12. The highest BCUT2D eigenvalue weighted by Crippen LogP contribution is 2.29. The third-order valence-corrected chi connectivity index (χ3v) is 3.65. The van der Waals surface area contributed by atoms with Gasteiger partial charge in [-0.3, -0.25) is 0 Å². The summed E-state index contributed by atoms with van der Waals surface area (Å²) < 4.78 is 5.43. The summed E-state index contributed by atoms with van der Waals surface area (Å²) in [5.41, 5.74) is 2.20. The molecule has 0 aliphatic heterocycles. The minimum absolute atomic E-state index is 0.811. The Balaban J connectivity index is 1.93. The molecule has 1 aromatic carbocycles. The Morgan fingerprint density at radius 2 is 2.05 bits per heavy atom. The normalized spacial score (nSPS) is 10.6. The van der Waals surface area contributed by atoms with E-state index < -0.39 is 0 Å². The molecule has 0 radical (unpaired) electrons. The molecule has 3 rings (SSSR count). The molecule has 0 spiro atoms. The van der Waals surface area contributed by atoms with Crippen molar-refractivity contribution in [2.24, 2.45) is 0 Å². The maximum Gasteiger partial charge on any atom is 0.177 e. The molecule has 0 unspecified atom stereocenters. The van der Waals surface area contributed by atoms with E-state index in [1.54, 1.807) is 11.3 Å². The van der Waals surface area contributed by atoms with Gasteiger partial charge in [-0.15, -0.1) is 0 Å². The van der Waals surface area contributed by atoms with Gasteiger partial charge >= 0.3 is 0 Å². The number of benzene rings is 1. The fourth-order valence-corrected chi connectivity index (χ4v) is 2.66. The first kappa shape index (κ1) is 12.0. The average Bonchev–Trinajstić information content (AvgIpc) is 3.11. The van der Waals surface area contributed by atoms with Gasteiger partial charge in [-0.2, -0.15) is 11.3 Å². The smallest absolute Gasteiger partial charge is 0.177 e. The zero-order valence-electron chi connectivity index (χ0n) is 10.6. The van der Waals surface area contributed by atoms with E-state index in [4.69, 9.17) is 4.52 Å². The van der Waals surface area contributed by atoms with E-state index in [9.17, 15) is 0 Å². The van der Waals surface area contributed by atoms with Crippen molar-refractivity contribution in [2.75, 3.05) is 11.4 Å². The zero-order chi connectivity index (χ0) is 13.1. The number of hydrogen-bond acceptors (Lipinski definition) is 4. The minimum Gasteiger partial charge on any atom is -0.354 e. The Kier molecular flexibility index (Phi) is 3.33. The summed E-state index contributed by atoms with van der Waals surface area (Å²) in [6.45, 7) is 2.95. The molecule has 0 atom stereocenters. The van der Waals surface area contributed by atoms with Gasteiger partial charge in [-0.1, -0.05) is 23.4 Å². The minimum atomic E-state index is 0.811. The van der Waals surface area contributed by atoms with Gasteiger partial charge in [0.1, 0.15) is 0 Å². The van der Waals surface area contributed by atoms with Crippen molar-refractivity contribution >= 4 is 22.8 Å². The van der Waals surface area contributed by atoms with Gasteiger partial charge in [0, 0.05) is 29.2 Å². The quantitative estimate of drug-likeness (QED) is 0.696. The van der Waals surface area contributed by atoms with Gasteiger partial charge in [0.15, 0.2) is 11.6 Å². The van der Waals surface area contributed by atoms with E-state index >= 15 is 0 Å². The lowest BCUT2D eigenvalue weighted by atomic mass is 10.2. The number of thiophene rings is 1. The summed E-state index contributed by atoms with van der Waals surface area (Å²) in [5, 5.41) is 8.27. The first-order valence-corrected chi connectivity index (χ1v) is 7.14. The van der Waals surface area contributed by atoms with Crippen LogP contribution in [0, 0.1) is 0 Å².